The van der Waals surface area contributed by atoms with Gasteiger partial charge in [-0.15, -0.1) is 0 Å². The monoisotopic (exact) mass is 586 g/mol. The lowest BCUT2D eigenvalue weighted by Gasteiger charge is -2.39. The van der Waals surface area contributed by atoms with E-state index in [0.29, 0.717) is 5.69 Å². The first kappa shape index (κ1) is 30.0. The van der Waals surface area contributed by atoms with Gasteiger partial charge in [-0.2, -0.15) is 0 Å². The van der Waals surface area contributed by atoms with Crippen LogP contribution < -0.4 is 10.2 Å². The Balaban J connectivity index is 0.00000387. The number of nitrogens with one attached hydrogen (secondary N) is 1. The molecule has 1 saturated heterocycles. The Kier molecular flexibility index (Phi) is 9.01. The van der Waals surface area contributed by atoms with E-state index in [-0.39, 0.29) is 49.0 Å². The summed E-state index contributed by atoms with van der Waals surface area (Å²) in [5.74, 6) is -5.18. The first-order valence-electron chi connectivity index (χ1n) is 12.8. The number of halogens is 4. The molecule has 1 aliphatic heterocycles. The van der Waals surface area contributed by atoms with E-state index in [0.717, 1.165) is 11.0 Å². The molecule has 0 radical (unpaired) electrons. The van der Waals surface area contributed by atoms with Crippen molar-refractivity contribution in [1.29, 1.82) is 0 Å². The smallest absolute Gasteiger partial charge is 0.252 e. The van der Waals surface area contributed by atoms with Crippen LogP contribution in [0.4, 0.5) is 18.9 Å². The second-order valence-electron chi connectivity index (χ2n) is 9.98. The van der Waals surface area contributed by atoms with Gasteiger partial charge in [0.05, 0.1) is 12.2 Å². The van der Waals surface area contributed by atoms with Crippen LogP contribution in [0.1, 0.15) is 50.4 Å². The number of carbonyl (C=O) groups is 3. The van der Waals surface area contributed by atoms with Gasteiger partial charge < -0.3 is 10.2 Å². The number of alkyl halides is 2. The van der Waals surface area contributed by atoms with Crippen molar-refractivity contribution in [2.24, 2.45) is 0 Å². The second-order valence-corrected chi connectivity index (χ2v) is 10.4. The maximum atomic E-state index is 14.5. The summed E-state index contributed by atoms with van der Waals surface area (Å²) in [6.45, 7) is 0.0627. The third-order valence-electron chi connectivity index (χ3n) is 7.14. The topological polar surface area (TPSA) is 82.6 Å². The van der Waals surface area contributed by atoms with Crippen LogP contribution in [0.15, 0.2) is 72.9 Å². The summed E-state index contributed by atoms with van der Waals surface area (Å²) in [5.41, 5.74) is 0.853. The predicted molar refractivity (Wildman–Crippen MR) is 149 cm³/mol. The summed E-state index contributed by atoms with van der Waals surface area (Å²) in [5, 5.41) is 2.77. The van der Waals surface area contributed by atoms with E-state index < -0.39 is 54.5 Å². The zero-order valence-corrected chi connectivity index (χ0v) is 22.0. The number of amides is 3. The summed E-state index contributed by atoms with van der Waals surface area (Å²) >= 11 is 6.49. The number of carbonyl (C=O) groups excluding carboxylic acids is 3. The van der Waals surface area contributed by atoms with E-state index in [2.05, 4.69) is 10.3 Å². The van der Waals surface area contributed by atoms with Gasteiger partial charge in [0.15, 0.2) is 0 Å². The highest BCUT2D eigenvalue weighted by molar-refractivity contribution is 6.31. The maximum Gasteiger partial charge on any atom is 0.252 e. The summed E-state index contributed by atoms with van der Waals surface area (Å²) in [7, 11) is 0. The number of nitrogens with zero attached hydrogens (tertiary/aromatic N) is 3. The standard InChI is InChI=1S/C29H26ClF3N4O3.CH4/c30-23-10-2-1-9-22(23)26(27(39)35-20-15-29(32,33)16-20)37(21-8-5-6-18(31)14-21)28(40)24-11-12-25(38)36(24)17-19-7-3-4-13-34-19;/h1-10,13-14,20,24,26H,11-12,15-17H2,(H,35,39);1H4/t24-,26-;/m0./s1. The lowest BCUT2D eigenvalue weighted by molar-refractivity contribution is -0.136. The van der Waals surface area contributed by atoms with Crippen molar-refractivity contribution in [1.82, 2.24) is 15.2 Å². The average molecular weight is 587 g/mol. The van der Waals surface area contributed by atoms with Gasteiger partial charge in [-0.05, 0) is 42.8 Å². The first-order chi connectivity index (χ1) is 19.1. The average Bonchev–Trinajstić information content (AvgIpc) is 3.26. The van der Waals surface area contributed by atoms with Crippen molar-refractivity contribution >= 4 is 35.0 Å². The van der Waals surface area contributed by atoms with Crippen LogP contribution in [0, 0.1) is 5.82 Å². The molecule has 1 N–H and O–H groups in total. The van der Waals surface area contributed by atoms with Crippen LogP contribution in [0.25, 0.3) is 0 Å². The predicted octanol–water partition coefficient (Wildman–Crippen LogP) is 5.69. The third-order valence-corrected chi connectivity index (χ3v) is 7.48. The summed E-state index contributed by atoms with van der Waals surface area (Å²) < 4.78 is 41.6. The molecule has 216 valence electrons. The Morgan fingerprint density at radius 2 is 1.83 bits per heavy atom. The summed E-state index contributed by atoms with van der Waals surface area (Å²) in [4.78, 5) is 47.8. The number of rotatable bonds is 8. The Morgan fingerprint density at radius 3 is 2.49 bits per heavy atom. The number of aromatic nitrogens is 1. The number of benzene rings is 2. The minimum atomic E-state index is -2.88. The van der Waals surface area contributed by atoms with Crippen molar-refractivity contribution in [3.05, 3.63) is 95.0 Å². The molecule has 11 heteroatoms. The van der Waals surface area contributed by atoms with Crippen molar-refractivity contribution < 1.29 is 27.6 Å². The SMILES string of the molecule is C.O=C(NC1CC(F)(F)C1)[C@H](c1ccccc1Cl)N(C(=O)[C@@H]1CCC(=O)N1Cc1ccccn1)c1cccc(F)c1. The number of hydrogen-bond acceptors (Lipinski definition) is 4. The Hall–Kier alpha value is -3.92. The Labute approximate surface area is 241 Å². The fourth-order valence-electron chi connectivity index (χ4n) is 5.18. The van der Waals surface area contributed by atoms with Crippen LogP contribution in [0.5, 0.6) is 0 Å². The highest BCUT2D eigenvalue weighted by atomic mass is 35.5. The van der Waals surface area contributed by atoms with E-state index in [1.807, 2.05) is 0 Å². The molecule has 2 heterocycles. The normalized spacial score (nSPS) is 18.7. The van der Waals surface area contributed by atoms with E-state index in [1.165, 1.54) is 29.2 Å². The molecule has 0 unspecified atom stereocenters. The van der Waals surface area contributed by atoms with Crippen LogP contribution in [-0.2, 0) is 20.9 Å². The van der Waals surface area contributed by atoms with Crippen molar-refractivity contribution in [2.45, 2.75) is 63.7 Å². The zero-order chi connectivity index (χ0) is 28.4. The van der Waals surface area contributed by atoms with Crippen LogP contribution >= 0.6 is 11.6 Å². The van der Waals surface area contributed by atoms with E-state index >= 15 is 0 Å². The van der Waals surface area contributed by atoms with Crippen LogP contribution in [0.2, 0.25) is 5.02 Å². The fourth-order valence-corrected chi connectivity index (χ4v) is 5.42. The molecule has 2 aromatic carbocycles. The Morgan fingerprint density at radius 1 is 1.10 bits per heavy atom. The quantitative estimate of drug-likeness (QED) is 0.368. The maximum absolute atomic E-state index is 14.5. The van der Waals surface area contributed by atoms with Crippen molar-refractivity contribution in [3.63, 3.8) is 0 Å². The van der Waals surface area contributed by atoms with Gasteiger partial charge in [0.2, 0.25) is 11.8 Å². The molecule has 2 fully saturated rings. The molecule has 1 aliphatic carbocycles. The molecule has 2 atom stereocenters. The number of hydrogen-bond donors (Lipinski definition) is 1. The summed E-state index contributed by atoms with van der Waals surface area (Å²) in [6.07, 6.45) is 0.781. The molecule has 3 amide bonds. The highest BCUT2D eigenvalue weighted by Gasteiger charge is 2.48. The molecule has 1 aromatic heterocycles. The molecule has 3 aromatic rings. The molecule has 5 rings (SSSR count). The minimum Gasteiger partial charge on any atom is -0.351 e. The molecular formula is C30H30ClF3N4O3. The van der Waals surface area contributed by atoms with Gasteiger partial charge in [-0.25, -0.2) is 13.2 Å². The zero-order valence-electron chi connectivity index (χ0n) is 21.3. The number of pyridine rings is 1. The fraction of sp³-hybridized carbons (Fsp3) is 0.333. The van der Waals surface area contributed by atoms with Gasteiger partial charge in [0.1, 0.15) is 17.9 Å². The van der Waals surface area contributed by atoms with Gasteiger partial charge >= 0.3 is 0 Å². The largest absolute Gasteiger partial charge is 0.351 e. The van der Waals surface area contributed by atoms with Crippen LogP contribution in [0.3, 0.4) is 0 Å². The van der Waals surface area contributed by atoms with Crippen molar-refractivity contribution in [3.8, 4) is 0 Å². The molecule has 1 saturated carbocycles. The van der Waals surface area contributed by atoms with Crippen molar-refractivity contribution in [2.75, 3.05) is 4.90 Å². The molecule has 0 bridgehead atoms. The molecular weight excluding hydrogens is 557 g/mol. The van der Waals surface area contributed by atoms with Gasteiger partial charge in [0.25, 0.3) is 11.8 Å². The molecule has 7 nitrogen and oxygen atoms in total. The lowest BCUT2D eigenvalue weighted by Crippen LogP contribution is -2.56. The summed E-state index contributed by atoms with van der Waals surface area (Å²) in [6, 6.07) is 13.5. The number of anilines is 1. The van der Waals surface area contributed by atoms with Gasteiger partial charge in [-0.1, -0.05) is 49.4 Å². The highest BCUT2D eigenvalue weighted by Crippen LogP contribution is 2.39. The third kappa shape index (κ3) is 6.53. The second kappa shape index (κ2) is 12.3. The van der Waals surface area contributed by atoms with Gasteiger partial charge in [-0.3, -0.25) is 24.3 Å². The van der Waals surface area contributed by atoms with Gasteiger partial charge in [0, 0.05) is 47.8 Å². The van der Waals surface area contributed by atoms with E-state index in [1.54, 1.807) is 42.6 Å². The molecule has 41 heavy (non-hydrogen) atoms. The van der Waals surface area contributed by atoms with E-state index in [4.69, 9.17) is 11.6 Å². The first-order valence-corrected chi connectivity index (χ1v) is 13.2. The minimum absolute atomic E-state index is 0. The lowest BCUT2D eigenvalue weighted by atomic mass is 9.87. The molecule has 2 aliphatic rings. The van der Waals surface area contributed by atoms with Crippen LogP contribution in [-0.4, -0.2) is 45.6 Å². The Bertz CT molecular complexity index is 1420. The molecule has 0 spiro atoms. The number of likely N-dealkylation sites (tertiary alicyclic amines) is 1. The van der Waals surface area contributed by atoms with E-state index in [9.17, 15) is 27.6 Å².